The summed E-state index contributed by atoms with van der Waals surface area (Å²) in [4.78, 5) is 24.3. The number of pyridine rings is 1. The third-order valence-corrected chi connectivity index (χ3v) is 5.64. The van der Waals surface area contributed by atoms with Gasteiger partial charge in [-0.25, -0.2) is 4.98 Å². The van der Waals surface area contributed by atoms with E-state index < -0.39 is 0 Å². The predicted octanol–water partition coefficient (Wildman–Crippen LogP) is 2.68. The highest BCUT2D eigenvalue weighted by Crippen LogP contribution is 2.23. The van der Waals surface area contributed by atoms with Crippen LogP contribution in [0.3, 0.4) is 0 Å². The SMILES string of the molecule is O=C(c1cccnc1N1CCCC1)N1CCN(CCc2ccccc2)CC1. The number of aromatic nitrogens is 1. The molecule has 0 radical (unpaired) electrons. The topological polar surface area (TPSA) is 39.7 Å². The molecule has 2 aromatic rings. The number of hydrogen-bond donors (Lipinski definition) is 0. The first-order chi connectivity index (χ1) is 13.3. The molecule has 27 heavy (non-hydrogen) atoms. The first-order valence-electron chi connectivity index (χ1n) is 10.1. The summed E-state index contributed by atoms with van der Waals surface area (Å²) in [6.07, 6.45) is 5.23. The Morgan fingerprint density at radius 3 is 2.37 bits per heavy atom. The van der Waals surface area contributed by atoms with Gasteiger partial charge in [0.2, 0.25) is 0 Å². The summed E-state index contributed by atoms with van der Waals surface area (Å²) < 4.78 is 0. The lowest BCUT2D eigenvalue weighted by atomic mass is 10.1. The lowest BCUT2D eigenvalue weighted by Crippen LogP contribution is -2.49. The van der Waals surface area contributed by atoms with E-state index in [2.05, 4.69) is 45.1 Å². The average molecular weight is 364 g/mol. The van der Waals surface area contributed by atoms with Crippen LogP contribution in [-0.2, 0) is 6.42 Å². The summed E-state index contributed by atoms with van der Waals surface area (Å²) in [5.74, 6) is 0.999. The predicted molar refractivity (Wildman–Crippen MR) is 108 cm³/mol. The molecule has 1 amide bonds. The Morgan fingerprint density at radius 2 is 1.63 bits per heavy atom. The zero-order chi connectivity index (χ0) is 18.5. The standard InChI is InChI=1S/C22H28N4O/c27-22(20-9-6-11-23-21(20)25-12-4-5-13-25)26-17-15-24(16-18-26)14-10-19-7-2-1-3-8-19/h1-3,6-9,11H,4-5,10,12-18H2. The first-order valence-corrected chi connectivity index (χ1v) is 10.1. The van der Waals surface area contributed by atoms with Crippen molar-refractivity contribution in [1.82, 2.24) is 14.8 Å². The Balaban J connectivity index is 1.34. The minimum absolute atomic E-state index is 0.132. The maximum Gasteiger partial charge on any atom is 0.257 e. The maximum absolute atomic E-state index is 13.1. The molecule has 1 aromatic carbocycles. The van der Waals surface area contributed by atoms with E-state index in [1.165, 1.54) is 18.4 Å². The van der Waals surface area contributed by atoms with Gasteiger partial charge in [-0.15, -0.1) is 0 Å². The molecule has 2 fully saturated rings. The Kier molecular flexibility index (Phi) is 5.68. The second kappa shape index (κ2) is 8.53. The number of nitrogens with zero attached hydrogens (tertiary/aromatic N) is 4. The van der Waals surface area contributed by atoms with Crippen LogP contribution in [0, 0.1) is 0 Å². The van der Waals surface area contributed by atoms with Crippen LogP contribution in [0.1, 0.15) is 28.8 Å². The highest BCUT2D eigenvalue weighted by Gasteiger charge is 2.26. The number of amides is 1. The number of carbonyl (C=O) groups is 1. The van der Waals surface area contributed by atoms with E-state index in [-0.39, 0.29) is 5.91 Å². The quantitative estimate of drug-likeness (QED) is 0.818. The van der Waals surface area contributed by atoms with Crippen molar-refractivity contribution in [2.75, 3.05) is 50.7 Å². The van der Waals surface area contributed by atoms with Gasteiger partial charge in [0.15, 0.2) is 0 Å². The molecule has 0 spiro atoms. The van der Waals surface area contributed by atoms with E-state index in [0.29, 0.717) is 0 Å². The molecule has 2 aliphatic heterocycles. The fourth-order valence-electron chi connectivity index (χ4n) is 4.02. The van der Waals surface area contributed by atoms with Gasteiger partial charge in [-0.3, -0.25) is 9.69 Å². The van der Waals surface area contributed by atoms with E-state index in [1.807, 2.05) is 17.0 Å². The summed E-state index contributed by atoms with van der Waals surface area (Å²) in [5, 5.41) is 0. The van der Waals surface area contributed by atoms with E-state index in [4.69, 9.17) is 0 Å². The molecule has 0 atom stereocenters. The van der Waals surface area contributed by atoms with Crippen molar-refractivity contribution < 1.29 is 4.79 Å². The number of carbonyl (C=O) groups excluding carboxylic acids is 1. The van der Waals surface area contributed by atoms with Gasteiger partial charge in [-0.2, -0.15) is 0 Å². The molecule has 0 bridgehead atoms. The zero-order valence-corrected chi connectivity index (χ0v) is 15.9. The van der Waals surface area contributed by atoms with Gasteiger partial charge in [0.1, 0.15) is 5.82 Å². The van der Waals surface area contributed by atoms with E-state index in [9.17, 15) is 4.79 Å². The average Bonchev–Trinajstić information content (AvgIpc) is 3.28. The van der Waals surface area contributed by atoms with E-state index in [1.54, 1.807) is 6.20 Å². The summed E-state index contributed by atoms with van der Waals surface area (Å²) >= 11 is 0. The second-order valence-corrected chi connectivity index (χ2v) is 7.44. The number of anilines is 1. The van der Waals surface area contributed by atoms with Gasteiger partial charge in [0.25, 0.3) is 5.91 Å². The van der Waals surface area contributed by atoms with E-state index in [0.717, 1.165) is 63.6 Å². The third kappa shape index (κ3) is 4.30. The molecule has 142 valence electrons. The van der Waals surface area contributed by atoms with Crippen molar-refractivity contribution in [3.8, 4) is 0 Å². The van der Waals surface area contributed by atoms with Gasteiger partial charge >= 0.3 is 0 Å². The second-order valence-electron chi connectivity index (χ2n) is 7.44. The van der Waals surface area contributed by atoms with Crippen LogP contribution < -0.4 is 4.90 Å². The zero-order valence-electron chi connectivity index (χ0n) is 15.9. The van der Waals surface area contributed by atoms with Gasteiger partial charge in [0.05, 0.1) is 5.56 Å². The fraction of sp³-hybridized carbons (Fsp3) is 0.455. The Morgan fingerprint density at radius 1 is 0.889 bits per heavy atom. The minimum atomic E-state index is 0.132. The van der Waals surface area contributed by atoms with Crippen LogP contribution in [0.2, 0.25) is 0 Å². The smallest absolute Gasteiger partial charge is 0.257 e. The summed E-state index contributed by atoms with van der Waals surface area (Å²) in [7, 11) is 0. The lowest BCUT2D eigenvalue weighted by Gasteiger charge is -2.35. The minimum Gasteiger partial charge on any atom is -0.356 e. The number of rotatable bonds is 5. The maximum atomic E-state index is 13.1. The van der Waals surface area contributed by atoms with Crippen LogP contribution in [0.15, 0.2) is 48.7 Å². The van der Waals surface area contributed by atoms with Crippen molar-refractivity contribution in [1.29, 1.82) is 0 Å². The summed E-state index contributed by atoms with van der Waals surface area (Å²) in [6.45, 7) is 6.53. The molecule has 5 heteroatoms. The van der Waals surface area contributed by atoms with Crippen molar-refractivity contribution in [2.45, 2.75) is 19.3 Å². The molecule has 2 aliphatic rings. The van der Waals surface area contributed by atoms with Crippen LogP contribution >= 0.6 is 0 Å². The van der Waals surface area contributed by atoms with Crippen LogP contribution in [-0.4, -0.2) is 66.5 Å². The molecule has 0 saturated carbocycles. The molecule has 4 rings (SSSR count). The monoisotopic (exact) mass is 364 g/mol. The van der Waals surface area contributed by atoms with E-state index >= 15 is 0 Å². The van der Waals surface area contributed by atoms with Crippen LogP contribution in [0.5, 0.6) is 0 Å². The lowest BCUT2D eigenvalue weighted by molar-refractivity contribution is 0.0639. The highest BCUT2D eigenvalue weighted by atomic mass is 16.2. The van der Waals surface area contributed by atoms with Crippen molar-refractivity contribution in [2.24, 2.45) is 0 Å². The largest absolute Gasteiger partial charge is 0.356 e. The molecule has 3 heterocycles. The van der Waals surface area contributed by atoms with Crippen molar-refractivity contribution >= 4 is 11.7 Å². The molecular formula is C22H28N4O. The molecule has 2 saturated heterocycles. The van der Waals surface area contributed by atoms with Crippen molar-refractivity contribution in [3.63, 3.8) is 0 Å². The normalized spacial score (nSPS) is 18.1. The number of benzene rings is 1. The first kappa shape index (κ1) is 18.0. The summed E-state index contributed by atoms with van der Waals surface area (Å²) in [5.41, 5.74) is 2.14. The Bertz CT molecular complexity index is 750. The highest BCUT2D eigenvalue weighted by molar-refractivity contribution is 5.99. The molecule has 0 N–H and O–H groups in total. The number of piperazine rings is 1. The Hall–Kier alpha value is -2.40. The molecular weight excluding hydrogens is 336 g/mol. The molecule has 0 aliphatic carbocycles. The molecule has 5 nitrogen and oxygen atoms in total. The van der Waals surface area contributed by atoms with Gasteiger partial charge < -0.3 is 9.80 Å². The third-order valence-electron chi connectivity index (χ3n) is 5.64. The molecule has 0 unspecified atom stereocenters. The fourth-order valence-corrected chi connectivity index (χ4v) is 4.02. The Labute approximate surface area is 161 Å². The molecule has 1 aromatic heterocycles. The van der Waals surface area contributed by atoms with Crippen LogP contribution in [0.25, 0.3) is 0 Å². The van der Waals surface area contributed by atoms with Crippen LogP contribution in [0.4, 0.5) is 5.82 Å². The summed E-state index contributed by atoms with van der Waals surface area (Å²) in [6, 6.07) is 14.4. The van der Waals surface area contributed by atoms with Gasteiger partial charge in [0, 0.05) is 52.0 Å². The number of hydrogen-bond acceptors (Lipinski definition) is 4. The van der Waals surface area contributed by atoms with Gasteiger partial charge in [-0.1, -0.05) is 30.3 Å². The van der Waals surface area contributed by atoms with Gasteiger partial charge in [-0.05, 0) is 37.0 Å². The van der Waals surface area contributed by atoms with Crippen molar-refractivity contribution in [3.05, 3.63) is 59.8 Å².